The van der Waals surface area contributed by atoms with Crippen molar-refractivity contribution in [2.75, 3.05) is 20.2 Å². The molecule has 0 aromatic heterocycles. The Bertz CT molecular complexity index is 602. The van der Waals surface area contributed by atoms with E-state index < -0.39 is 0 Å². The van der Waals surface area contributed by atoms with Gasteiger partial charge in [-0.1, -0.05) is 0 Å². The van der Waals surface area contributed by atoms with Crippen LogP contribution >= 0.6 is 0 Å². The van der Waals surface area contributed by atoms with Crippen molar-refractivity contribution in [3.05, 3.63) is 0 Å². The predicted octanol–water partition coefficient (Wildman–Crippen LogP) is 4.36. The highest BCUT2D eigenvalue weighted by Crippen LogP contribution is 2.54. The monoisotopic (exact) mass is 402 g/mol. The highest BCUT2D eigenvalue weighted by molar-refractivity contribution is 5.74. The highest BCUT2D eigenvalue weighted by Gasteiger charge is 2.49. The van der Waals surface area contributed by atoms with Gasteiger partial charge in [0.25, 0.3) is 0 Å². The predicted molar refractivity (Wildman–Crippen MR) is 111 cm³/mol. The van der Waals surface area contributed by atoms with E-state index in [-0.39, 0.29) is 12.0 Å². The largest absolute Gasteiger partial charge is 0.469 e. The molecule has 0 aromatic rings. The van der Waals surface area contributed by atoms with E-state index in [1.165, 1.54) is 52.1 Å². The Labute approximate surface area is 175 Å². The minimum Gasteiger partial charge on any atom is -0.469 e. The Balaban J connectivity index is 1.10. The molecular weight excluding hydrogens is 364 g/mol. The zero-order valence-electron chi connectivity index (χ0n) is 18.0. The van der Waals surface area contributed by atoms with Gasteiger partial charge in [0.05, 0.1) is 7.11 Å². The van der Waals surface area contributed by atoms with Crippen molar-refractivity contribution in [1.82, 2.24) is 10.2 Å². The zero-order chi connectivity index (χ0) is 20.0. The molecule has 1 saturated heterocycles. The van der Waals surface area contributed by atoms with Crippen LogP contribution in [0.1, 0.15) is 77.0 Å². The first-order valence-electron chi connectivity index (χ1n) is 12.2. The minimum absolute atomic E-state index is 0.0674. The van der Waals surface area contributed by atoms with Crippen LogP contribution in [0.25, 0.3) is 0 Å². The second-order valence-electron chi connectivity index (χ2n) is 11.1. The summed E-state index contributed by atoms with van der Waals surface area (Å²) in [5.41, 5.74) is 0.409. The maximum atomic E-state index is 13.0. The minimum atomic E-state index is -0.0674. The van der Waals surface area contributed by atoms with E-state index in [1.807, 2.05) is 0 Å². The third kappa shape index (κ3) is 3.90. The molecule has 1 spiro atoms. The molecule has 0 aromatic carbocycles. The Morgan fingerprint density at radius 3 is 2.07 bits per heavy atom. The number of carbonyl (C=O) groups is 2. The van der Waals surface area contributed by atoms with Gasteiger partial charge < -0.3 is 15.0 Å². The molecule has 5 aliphatic carbocycles. The molecule has 1 N–H and O–H groups in total. The normalized spacial score (nSPS) is 38.2. The number of ether oxygens (including phenoxy) is 1. The number of urea groups is 1. The third-order valence-corrected chi connectivity index (χ3v) is 9.48. The molecule has 5 heteroatoms. The first-order chi connectivity index (χ1) is 14.0. The smallest absolute Gasteiger partial charge is 0.317 e. The lowest BCUT2D eigenvalue weighted by molar-refractivity contribution is -0.142. The first kappa shape index (κ1) is 19.7. The fraction of sp³-hybridized carbons (Fsp3) is 0.917. The van der Waals surface area contributed by atoms with Gasteiger partial charge in [0.1, 0.15) is 0 Å². The van der Waals surface area contributed by atoms with Crippen molar-refractivity contribution in [3.63, 3.8) is 0 Å². The van der Waals surface area contributed by atoms with Gasteiger partial charge in [-0.25, -0.2) is 4.79 Å². The number of amides is 2. The summed E-state index contributed by atoms with van der Waals surface area (Å²) < 4.78 is 4.84. The van der Waals surface area contributed by atoms with Crippen molar-refractivity contribution in [2.24, 2.45) is 35.0 Å². The van der Waals surface area contributed by atoms with E-state index in [1.54, 1.807) is 0 Å². The van der Waals surface area contributed by atoms with Gasteiger partial charge in [-0.15, -0.1) is 0 Å². The molecule has 5 saturated carbocycles. The summed E-state index contributed by atoms with van der Waals surface area (Å²) in [5.74, 6) is 3.83. The van der Waals surface area contributed by atoms with Crippen molar-refractivity contribution in [1.29, 1.82) is 0 Å². The SMILES string of the molecule is COC(=O)CC1CCC2(CC1)CCN(C(=O)NC1C3CC4CC(C3)CC1C4)CC2. The number of likely N-dealkylation sites (tertiary alicyclic amines) is 1. The van der Waals surface area contributed by atoms with Gasteiger partial charge in [-0.3, -0.25) is 4.79 Å². The number of methoxy groups -OCH3 is 1. The average Bonchev–Trinajstić information content (AvgIpc) is 2.72. The van der Waals surface area contributed by atoms with Crippen molar-refractivity contribution in [2.45, 2.75) is 83.1 Å². The summed E-state index contributed by atoms with van der Waals surface area (Å²) in [7, 11) is 1.48. The zero-order valence-corrected chi connectivity index (χ0v) is 18.0. The molecule has 0 atom stereocenters. The molecule has 0 radical (unpaired) electrons. The van der Waals surface area contributed by atoms with E-state index >= 15 is 0 Å². The maximum absolute atomic E-state index is 13.0. The standard InChI is InChI=1S/C24H38N2O3/c1-29-21(27)15-16-2-4-24(5-3-16)6-8-26(9-7-24)23(28)25-22-19-11-17-10-18(13-19)14-20(22)12-17/h16-20,22H,2-15H2,1H3,(H,25,28). The van der Waals surface area contributed by atoms with Gasteiger partial charge in [-0.05, 0) is 106 Å². The van der Waals surface area contributed by atoms with Crippen LogP contribution in [0.2, 0.25) is 0 Å². The molecule has 6 fully saturated rings. The molecule has 162 valence electrons. The Morgan fingerprint density at radius 2 is 1.52 bits per heavy atom. The van der Waals surface area contributed by atoms with Crippen LogP contribution in [0.3, 0.4) is 0 Å². The summed E-state index contributed by atoms with van der Waals surface area (Å²) in [4.78, 5) is 26.7. The summed E-state index contributed by atoms with van der Waals surface area (Å²) in [6.07, 6.45) is 14.4. The number of rotatable bonds is 3. The van der Waals surface area contributed by atoms with E-state index in [0.29, 0.717) is 23.8 Å². The van der Waals surface area contributed by atoms with Crippen molar-refractivity contribution in [3.8, 4) is 0 Å². The fourth-order valence-electron chi connectivity index (χ4n) is 7.89. The van der Waals surface area contributed by atoms with Gasteiger partial charge in [0.2, 0.25) is 0 Å². The molecule has 5 nitrogen and oxygen atoms in total. The van der Waals surface area contributed by atoms with E-state index in [9.17, 15) is 9.59 Å². The van der Waals surface area contributed by atoms with Crippen molar-refractivity contribution >= 4 is 12.0 Å². The number of hydrogen-bond acceptors (Lipinski definition) is 3. The number of hydrogen-bond donors (Lipinski definition) is 1. The number of nitrogens with zero attached hydrogens (tertiary/aromatic N) is 1. The summed E-state index contributed by atoms with van der Waals surface area (Å²) >= 11 is 0. The molecular formula is C24H38N2O3. The first-order valence-corrected chi connectivity index (χ1v) is 12.2. The van der Waals surface area contributed by atoms with Crippen LogP contribution in [0, 0.1) is 35.0 Å². The Hall–Kier alpha value is -1.26. The molecule has 2 amide bonds. The number of carbonyl (C=O) groups excluding carboxylic acids is 2. The molecule has 1 aliphatic heterocycles. The lowest BCUT2D eigenvalue weighted by atomic mass is 9.54. The van der Waals surface area contributed by atoms with Crippen LogP contribution in [0.15, 0.2) is 0 Å². The summed E-state index contributed by atoms with van der Waals surface area (Å²) in [5, 5.41) is 3.49. The van der Waals surface area contributed by atoms with Gasteiger partial charge >= 0.3 is 12.0 Å². The van der Waals surface area contributed by atoms with E-state index in [2.05, 4.69) is 10.2 Å². The van der Waals surface area contributed by atoms with Crippen LogP contribution < -0.4 is 5.32 Å². The lowest BCUT2D eigenvalue weighted by Gasteiger charge is -2.54. The molecule has 0 unspecified atom stereocenters. The highest BCUT2D eigenvalue weighted by atomic mass is 16.5. The third-order valence-electron chi connectivity index (χ3n) is 9.48. The molecule has 6 aliphatic rings. The van der Waals surface area contributed by atoms with Gasteiger partial charge in [-0.2, -0.15) is 0 Å². The quantitative estimate of drug-likeness (QED) is 0.714. The van der Waals surface area contributed by atoms with E-state index in [0.717, 1.165) is 62.4 Å². The topological polar surface area (TPSA) is 58.6 Å². The van der Waals surface area contributed by atoms with E-state index in [4.69, 9.17) is 4.74 Å². The van der Waals surface area contributed by atoms with Gasteiger partial charge in [0, 0.05) is 25.6 Å². The van der Waals surface area contributed by atoms with Crippen LogP contribution in [0.5, 0.6) is 0 Å². The Kier molecular flexibility index (Phi) is 5.28. The second-order valence-corrected chi connectivity index (χ2v) is 11.1. The second kappa shape index (κ2) is 7.77. The molecule has 1 heterocycles. The fourth-order valence-corrected chi connectivity index (χ4v) is 7.89. The summed E-state index contributed by atoms with van der Waals surface area (Å²) in [6.45, 7) is 1.81. The molecule has 6 rings (SSSR count). The van der Waals surface area contributed by atoms with Crippen LogP contribution in [0.4, 0.5) is 4.79 Å². The average molecular weight is 403 g/mol. The van der Waals surface area contributed by atoms with Crippen LogP contribution in [-0.4, -0.2) is 43.1 Å². The number of nitrogens with one attached hydrogen (secondary N) is 1. The van der Waals surface area contributed by atoms with Gasteiger partial charge in [0.15, 0.2) is 0 Å². The molecule has 4 bridgehead atoms. The summed E-state index contributed by atoms with van der Waals surface area (Å²) in [6, 6.07) is 0.650. The Morgan fingerprint density at radius 1 is 0.931 bits per heavy atom. The number of piperidine rings is 1. The van der Waals surface area contributed by atoms with Crippen LogP contribution in [-0.2, 0) is 9.53 Å². The lowest BCUT2D eigenvalue weighted by Crippen LogP contribution is -2.59. The maximum Gasteiger partial charge on any atom is 0.317 e. The number of esters is 1. The van der Waals surface area contributed by atoms with Crippen molar-refractivity contribution < 1.29 is 14.3 Å². The molecule has 29 heavy (non-hydrogen) atoms.